The number of carbonyl (C=O) groups excluding carboxylic acids is 2. The standard InChI is InChI=1S/C14H22Cl3N2O3PS/c1-4-23(5-2)18-9-11(20)19-10(8(3)6-24-12(9)19)13(21)22-7-14(15,16)17/h9,12,18H,4-7,23H2,1-3H3/t9-,12+/m1/s1. The van der Waals surface area contributed by atoms with Gasteiger partial charge in [-0.15, -0.1) is 0 Å². The molecule has 0 bridgehead atoms. The van der Waals surface area contributed by atoms with Crippen molar-refractivity contribution in [3.63, 3.8) is 0 Å². The maximum atomic E-state index is 12.6. The first-order valence-corrected chi connectivity index (χ1v) is 12.2. The molecule has 1 saturated heterocycles. The van der Waals surface area contributed by atoms with Gasteiger partial charge in [0, 0.05) is 0 Å². The Hall–Kier alpha value is 0.290. The maximum absolute atomic E-state index is 12.6. The van der Waals surface area contributed by atoms with Gasteiger partial charge in [-0.25, -0.2) is 0 Å². The third-order valence-corrected chi connectivity index (χ3v) is 8.67. The number of thioether (sulfide) groups is 1. The van der Waals surface area contributed by atoms with Crippen molar-refractivity contribution in [1.82, 2.24) is 9.99 Å². The number of amides is 1. The average molecular weight is 436 g/mol. The summed E-state index contributed by atoms with van der Waals surface area (Å²) in [5.41, 5.74) is 1.10. The van der Waals surface area contributed by atoms with Crippen LogP contribution in [0, 0.1) is 0 Å². The summed E-state index contributed by atoms with van der Waals surface area (Å²) < 4.78 is 3.40. The van der Waals surface area contributed by atoms with Crippen LogP contribution in [0.4, 0.5) is 0 Å². The number of fused-ring (bicyclic) bond motifs is 1. The van der Waals surface area contributed by atoms with Crippen molar-refractivity contribution in [3.05, 3.63) is 11.3 Å². The van der Waals surface area contributed by atoms with E-state index < -0.39 is 17.8 Å². The number of esters is 1. The van der Waals surface area contributed by atoms with E-state index >= 15 is 0 Å². The number of β-lactam (4-membered cyclic amide) rings is 1. The Morgan fingerprint density at radius 1 is 1.42 bits per heavy atom. The van der Waals surface area contributed by atoms with Crippen LogP contribution in [0.15, 0.2) is 11.3 Å². The molecule has 24 heavy (non-hydrogen) atoms. The Balaban J connectivity index is 2.09. The van der Waals surface area contributed by atoms with Crippen LogP contribution in [0.2, 0.25) is 0 Å². The molecule has 0 radical (unpaired) electrons. The summed E-state index contributed by atoms with van der Waals surface area (Å²) in [6, 6.07) is -0.212. The first kappa shape index (κ1) is 20.6. The molecule has 0 aromatic heterocycles. The van der Waals surface area contributed by atoms with E-state index in [9.17, 15) is 9.59 Å². The third-order valence-electron chi connectivity index (χ3n) is 4.12. The predicted molar refractivity (Wildman–Crippen MR) is 105 cm³/mol. The summed E-state index contributed by atoms with van der Waals surface area (Å²) in [6.45, 7) is 5.76. The molecule has 10 heteroatoms. The van der Waals surface area contributed by atoms with Gasteiger partial charge in [0.2, 0.25) is 0 Å². The number of nitrogens with zero attached hydrogens (tertiary/aromatic N) is 1. The second-order valence-corrected chi connectivity index (χ2v) is 12.9. The number of alkyl halides is 3. The predicted octanol–water partition coefficient (Wildman–Crippen LogP) is 2.95. The van der Waals surface area contributed by atoms with Crippen LogP contribution in [0.1, 0.15) is 20.8 Å². The minimum atomic E-state index is -1.67. The van der Waals surface area contributed by atoms with Gasteiger partial charge in [0.1, 0.15) is 0 Å². The number of carbonyl (C=O) groups is 2. The van der Waals surface area contributed by atoms with Crippen LogP contribution in [0.5, 0.6) is 0 Å². The van der Waals surface area contributed by atoms with E-state index in [1.54, 1.807) is 11.8 Å². The normalized spacial score (nSPS) is 24.5. The molecule has 2 atom stereocenters. The molecule has 5 nitrogen and oxygen atoms in total. The monoisotopic (exact) mass is 434 g/mol. The number of hydrogen-bond donors (Lipinski definition) is 1. The molecule has 2 aliphatic heterocycles. The van der Waals surface area contributed by atoms with Crippen molar-refractivity contribution in [2.45, 2.75) is 36.0 Å². The molecule has 0 unspecified atom stereocenters. The summed E-state index contributed by atoms with van der Waals surface area (Å²) in [5.74, 6) is -0.0162. The van der Waals surface area contributed by atoms with Crippen LogP contribution < -0.4 is 5.09 Å². The third kappa shape index (κ3) is 4.52. The molecule has 0 aromatic rings. The van der Waals surface area contributed by atoms with Gasteiger partial charge in [-0.2, -0.15) is 0 Å². The fourth-order valence-electron chi connectivity index (χ4n) is 2.78. The summed E-state index contributed by atoms with van der Waals surface area (Å²) in [4.78, 5) is 26.5. The quantitative estimate of drug-likeness (QED) is 0.301. The van der Waals surface area contributed by atoms with Crippen LogP contribution in [-0.4, -0.2) is 56.7 Å². The molecule has 2 rings (SSSR count). The van der Waals surface area contributed by atoms with Crippen molar-refractivity contribution in [1.29, 1.82) is 0 Å². The Labute approximate surface area is 162 Å². The average Bonchev–Trinajstić information content (AvgIpc) is 2.52. The van der Waals surface area contributed by atoms with E-state index in [1.165, 1.54) is 4.90 Å². The Bertz CT molecular complexity index is 552. The summed E-state index contributed by atoms with van der Waals surface area (Å²) >= 11 is 18.5. The zero-order chi connectivity index (χ0) is 18.1. The number of halogens is 3. The number of nitrogens with one attached hydrogen (secondary N) is 1. The van der Waals surface area contributed by atoms with Gasteiger partial charge in [-0.3, -0.25) is 0 Å². The summed E-state index contributed by atoms with van der Waals surface area (Å²) in [7, 11) is -1.11. The zero-order valence-electron chi connectivity index (χ0n) is 13.8. The molecule has 0 saturated carbocycles. The van der Waals surface area contributed by atoms with Gasteiger partial charge in [-0.1, -0.05) is 0 Å². The van der Waals surface area contributed by atoms with Gasteiger partial charge in [0.15, 0.2) is 0 Å². The van der Waals surface area contributed by atoms with E-state index in [0.29, 0.717) is 11.4 Å². The second-order valence-electron chi connectivity index (χ2n) is 5.89. The van der Waals surface area contributed by atoms with Crippen LogP contribution in [-0.2, 0) is 14.3 Å². The van der Waals surface area contributed by atoms with Crippen molar-refractivity contribution in [2.75, 3.05) is 24.7 Å². The van der Waals surface area contributed by atoms with E-state index in [-0.39, 0.29) is 23.9 Å². The SMILES string of the molecule is CC[PH2](CC)N[C@@H]1C(=O)N2C(C(=O)OCC(Cl)(Cl)Cl)=C(C)CS[C@@H]12. The summed E-state index contributed by atoms with van der Waals surface area (Å²) in [5, 5.41) is 3.46. The fraction of sp³-hybridized carbons (Fsp3) is 0.714. The first-order chi connectivity index (χ1) is 11.2. The van der Waals surface area contributed by atoms with E-state index in [0.717, 1.165) is 17.9 Å². The topological polar surface area (TPSA) is 58.6 Å². The molecule has 0 spiro atoms. The molecular weight excluding hydrogens is 414 g/mol. The first-order valence-electron chi connectivity index (χ1n) is 7.83. The van der Waals surface area contributed by atoms with Gasteiger partial charge in [0.05, 0.1) is 0 Å². The van der Waals surface area contributed by atoms with Crippen molar-refractivity contribution >= 4 is 66.5 Å². The number of rotatable bonds is 6. The van der Waals surface area contributed by atoms with Crippen molar-refractivity contribution in [3.8, 4) is 0 Å². The zero-order valence-corrected chi connectivity index (χ0v) is 18.0. The molecule has 1 N–H and O–H groups in total. The van der Waals surface area contributed by atoms with Crippen molar-refractivity contribution < 1.29 is 14.3 Å². The summed E-state index contributed by atoms with van der Waals surface area (Å²) in [6.07, 6.45) is 2.18. The van der Waals surface area contributed by atoms with E-state index in [4.69, 9.17) is 39.5 Å². The van der Waals surface area contributed by atoms with Crippen LogP contribution in [0.3, 0.4) is 0 Å². The van der Waals surface area contributed by atoms with E-state index in [1.807, 2.05) is 6.92 Å². The Morgan fingerprint density at radius 2 is 2.04 bits per heavy atom. The van der Waals surface area contributed by atoms with Crippen molar-refractivity contribution in [2.24, 2.45) is 0 Å². The van der Waals surface area contributed by atoms with Crippen LogP contribution >= 0.6 is 54.6 Å². The molecule has 2 aliphatic rings. The van der Waals surface area contributed by atoms with E-state index in [2.05, 4.69) is 18.9 Å². The minimum absolute atomic E-state index is 0.0652. The number of ether oxygens (including phenoxy) is 1. The second kappa shape index (κ2) is 8.32. The molecule has 0 aliphatic carbocycles. The molecule has 0 aromatic carbocycles. The Morgan fingerprint density at radius 3 is 2.58 bits per heavy atom. The fourth-order valence-corrected chi connectivity index (χ4v) is 6.26. The Kier molecular flexibility index (Phi) is 7.14. The molecule has 1 amide bonds. The van der Waals surface area contributed by atoms with Gasteiger partial charge in [0.25, 0.3) is 0 Å². The van der Waals surface area contributed by atoms with Gasteiger partial charge in [-0.05, 0) is 0 Å². The number of hydrogen-bond acceptors (Lipinski definition) is 5. The molecule has 138 valence electrons. The van der Waals surface area contributed by atoms with Gasteiger partial charge >= 0.3 is 163 Å². The molecule has 1 fully saturated rings. The molecular formula is C14H22Cl3N2O3PS. The van der Waals surface area contributed by atoms with Gasteiger partial charge < -0.3 is 0 Å². The van der Waals surface area contributed by atoms with Crippen LogP contribution in [0.25, 0.3) is 0 Å². The molecule has 2 heterocycles.